The second-order valence-electron chi connectivity index (χ2n) is 4.25. The molecule has 1 amide bonds. The van der Waals surface area contributed by atoms with E-state index in [9.17, 15) is 18.0 Å². The molecule has 3 N–H and O–H groups in total. The first-order valence-electron chi connectivity index (χ1n) is 6.42. The maximum Gasteiger partial charge on any atom is 0.326 e. The maximum absolute atomic E-state index is 11.5. The predicted octanol–water partition coefficient (Wildman–Crippen LogP) is -0.522. The van der Waals surface area contributed by atoms with Gasteiger partial charge in [0.1, 0.15) is 6.04 Å². The molecule has 0 aliphatic carbocycles. The Labute approximate surface area is 124 Å². The molecule has 0 spiro atoms. The Balaban J connectivity index is 4.26. The number of rotatable bonds is 11. The summed E-state index contributed by atoms with van der Waals surface area (Å²) in [5.41, 5.74) is 0. The number of allylic oxidation sites excluding steroid dienone is 1. The summed E-state index contributed by atoms with van der Waals surface area (Å²) >= 11 is 0. The highest BCUT2D eigenvalue weighted by atomic mass is 32.2. The van der Waals surface area contributed by atoms with Gasteiger partial charge in [0.15, 0.2) is 0 Å². The molecule has 1 atom stereocenters. The van der Waals surface area contributed by atoms with Crippen LogP contribution in [0, 0.1) is 0 Å². The zero-order valence-corrected chi connectivity index (χ0v) is 13.0. The molecule has 0 saturated carbocycles. The van der Waals surface area contributed by atoms with E-state index in [1.165, 1.54) is 7.11 Å². The highest BCUT2D eigenvalue weighted by Crippen LogP contribution is 1.95. The minimum Gasteiger partial charge on any atom is -0.480 e. The first-order chi connectivity index (χ1) is 9.82. The van der Waals surface area contributed by atoms with E-state index in [0.717, 1.165) is 0 Å². The number of carbonyl (C=O) groups excluding carboxylic acids is 1. The number of hydrogen-bond acceptors (Lipinski definition) is 5. The molecule has 21 heavy (non-hydrogen) atoms. The normalized spacial score (nSPS) is 13.2. The summed E-state index contributed by atoms with van der Waals surface area (Å²) in [7, 11) is -2.11. The lowest BCUT2D eigenvalue weighted by molar-refractivity contribution is -0.141. The summed E-state index contributed by atoms with van der Waals surface area (Å²) in [6.07, 6.45) is 3.72. The second kappa shape index (κ2) is 10.3. The van der Waals surface area contributed by atoms with Crippen molar-refractivity contribution in [2.24, 2.45) is 0 Å². The minimum absolute atomic E-state index is 0.137. The number of methoxy groups -OCH3 is 1. The summed E-state index contributed by atoms with van der Waals surface area (Å²) in [4.78, 5) is 22.5. The molecule has 9 heteroatoms. The first kappa shape index (κ1) is 19.6. The minimum atomic E-state index is -3.57. The fourth-order valence-electron chi connectivity index (χ4n) is 1.38. The van der Waals surface area contributed by atoms with Crippen LogP contribution in [0.1, 0.15) is 19.8 Å². The third-order valence-electron chi connectivity index (χ3n) is 2.45. The van der Waals surface area contributed by atoms with Crippen molar-refractivity contribution in [3.05, 3.63) is 12.2 Å². The molecule has 0 aromatic heterocycles. The number of carboxylic acids is 1. The largest absolute Gasteiger partial charge is 0.480 e. The molecular weight excluding hydrogens is 300 g/mol. The maximum atomic E-state index is 11.5. The van der Waals surface area contributed by atoms with Crippen molar-refractivity contribution in [3.63, 3.8) is 0 Å². The molecule has 1 unspecified atom stereocenters. The standard InChI is InChI=1S/C12H22N2O6S/c1-3-4-6-10(12(16)17)14-11(15)9-13-21(18,19)8-5-7-20-2/h3-4,10,13H,5-9H2,1-2H3,(H,14,15)(H,16,17)/b4-3+. The molecular formula is C12H22N2O6S. The number of nitrogens with one attached hydrogen (secondary N) is 2. The number of amides is 1. The van der Waals surface area contributed by atoms with Gasteiger partial charge in [0.25, 0.3) is 0 Å². The highest BCUT2D eigenvalue weighted by Gasteiger charge is 2.19. The average molecular weight is 322 g/mol. The average Bonchev–Trinajstić information content (AvgIpc) is 2.41. The molecule has 0 aliphatic rings. The Morgan fingerprint density at radius 3 is 2.57 bits per heavy atom. The second-order valence-corrected chi connectivity index (χ2v) is 6.18. The molecule has 0 fully saturated rings. The van der Waals surface area contributed by atoms with Crippen molar-refractivity contribution in [1.29, 1.82) is 0 Å². The molecule has 0 saturated heterocycles. The topological polar surface area (TPSA) is 122 Å². The van der Waals surface area contributed by atoms with Crippen LogP contribution in [0.3, 0.4) is 0 Å². The number of hydrogen-bond donors (Lipinski definition) is 3. The van der Waals surface area contributed by atoms with E-state index in [1.807, 2.05) is 0 Å². The van der Waals surface area contributed by atoms with Crippen molar-refractivity contribution in [1.82, 2.24) is 10.0 Å². The van der Waals surface area contributed by atoms with Crippen LogP contribution in [0.4, 0.5) is 0 Å². The van der Waals surface area contributed by atoms with Crippen LogP contribution in [-0.4, -0.2) is 57.5 Å². The summed E-state index contributed by atoms with van der Waals surface area (Å²) in [5.74, 6) is -2.03. The number of aliphatic carboxylic acids is 1. The van der Waals surface area contributed by atoms with E-state index in [0.29, 0.717) is 13.0 Å². The van der Waals surface area contributed by atoms with Crippen molar-refractivity contribution in [3.8, 4) is 0 Å². The Morgan fingerprint density at radius 2 is 2.05 bits per heavy atom. The molecule has 0 aromatic carbocycles. The molecule has 122 valence electrons. The van der Waals surface area contributed by atoms with Crippen molar-refractivity contribution >= 4 is 21.9 Å². The van der Waals surface area contributed by atoms with Gasteiger partial charge in [-0.25, -0.2) is 17.9 Å². The Bertz CT molecular complexity index is 460. The Kier molecular flexibility index (Phi) is 9.59. The molecule has 0 rings (SSSR count). The number of ether oxygens (including phenoxy) is 1. The molecule has 0 bridgehead atoms. The zero-order valence-electron chi connectivity index (χ0n) is 12.2. The van der Waals surface area contributed by atoms with Crippen molar-refractivity contribution < 1.29 is 27.9 Å². The van der Waals surface area contributed by atoms with Gasteiger partial charge >= 0.3 is 5.97 Å². The first-order valence-corrected chi connectivity index (χ1v) is 8.07. The van der Waals surface area contributed by atoms with Crippen molar-refractivity contribution in [2.75, 3.05) is 26.0 Å². The third-order valence-corrected chi connectivity index (χ3v) is 3.87. The molecule has 0 heterocycles. The van der Waals surface area contributed by atoms with Crippen LogP contribution in [0.25, 0.3) is 0 Å². The van der Waals surface area contributed by atoms with E-state index in [2.05, 4.69) is 10.0 Å². The third kappa shape index (κ3) is 9.99. The summed E-state index contributed by atoms with van der Waals surface area (Å²) < 4.78 is 29.9. The number of carboxylic acid groups (broad SMARTS) is 1. The number of carbonyl (C=O) groups is 2. The van der Waals surface area contributed by atoms with Gasteiger partial charge in [-0.1, -0.05) is 12.2 Å². The van der Waals surface area contributed by atoms with Gasteiger partial charge in [-0.15, -0.1) is 0 Å². The van der Waals surface area contributed by atoms with E-state index >= 15 is 0 Å². The summed E-state index contributed by atoms with van der Waals surface area (Å²) in [6, 6.07) is -1.08. The van der Waals surface area contributed by atoms with E-state index in [-0.39, 0.29) is 12.2 Å². The lowest BCUT2D eigenvalue weighted by Gasteiger charge is -2.13. The van der Waals surface area contributed by atoms with Gasteiger partial charge in [0, 0.05) is 13.7 Å². The predicted molar refractivity (Wildman–Crippen MR) is 77.3 cm³/mol. The van der Waals surface area contributed by atoms with Gasteiger partial charge < -0.3 is 15.2 Å². The smallest absolute Gasteiger partial charge is 0.326 e. The van der Waals surface area contributed by atoms with E-state index < -0.39 is 34.5 Å². The van der Waals surface area contributed by atoms with Crippen LogP contribution in [0.5, 0.6) is 0 Å². The van der Waals surface area contributed by atoms with Gasteiger partial charge in [0.2, 0.25) is 15.9 Å². The summed E-state index contributed by atoms with van der Waals surface area (Å²) in [6.45, 7) is 1.54. The molecule has 0 radical (unpaired) electrons. The molecule has 0 aromatic rings. The Hall–Kier alpha value is -1.45. The number of sulfonamides is 1. The monoisotopic (exact) mass is 322 g/mol. The fourth-order valence-corrected chi connectivity index (χ4v) is 2.37. The fraction of sp³-hybridized carbons (Fsp3) is 0.667. The Morgan fingerprint density at radius 1 is 1.38 bits per heavy atom. The summed E-state index contributed by atoms with van der Waals surface area (Å²) in [5, 5.41) is 11.2. The van der Waals surface area contributed by atoms with Crippen molar-refractivity contribution in [2.45, 2.75) is 25.8 Å². The molecule has 8 nitrogen and oxygen atoms in total. The SMILES string of the molecule is C/C=C/CC(NC(=O)CNS(=O)(=O)CCCOC)C(=O)O. The lowest BCUT2D eigenvalue weighted by Crippen LogP contribution is -2.45. The van der Waals surface area contributed by atoms with Gasteiger partial charge in [-0.05, 0) is 19.8 Å². The van der Waals surface area contributed by atoms with Crippen LogP contribution in [0.15, 0.2) is 12.2 Å². The van der Waals surface area contributed by atoms with Crippen LogP contribution < -0.4 is 10.0 Å². The van der Waals surface area contributed by atoms with Gasteiger partial charge in [-0.3, -0.25) is 4.79 Å². The van der Waals surface area contributed by atoms with Gasteiger partial charge in [-0.2, -0.15) is 0 Å². The van der Waals surface area contributed by atoms with E-state index in [4.69, 9.17) is 9.84 Å². The van der Waals surface area contributed by atoms with E-state index in [1.54, 1.807) is 19.1 Å². The van der Waals surface area contributed by atoms with Gasteiger partial charge in [0.05, 0.1) is 12.3 Å². The van der Waals surface area contributed by atoms with Crippen LogP contribution in [-0.2, 0) is 24.3 Å². The lowest BCUT2D eigenvalue weighted by atomic mass is 10.2. The highest BCUT2D eigenvalue weighted by molar-refractivity contribution is 7.89. The van der Waals surface area contributed by atoms with Crippen LogP contribution >= 0.6 is 0 Å². The zero-order chi connectivity index (χ0) is 16.3. The quantitative estimate of drug-likeness (QED) is 0.347. The molecule has 0 aliphatic heterocycles. The van der Waals surface area contributed by atoms with Crippen LogP contribution in [0.2, 0.25) is 0 Å².